The van der Waals surface area contributed by atoms with E-state index in [0.717, 1.165) is 6.07 Å². The molecule has 1 unspecified atom stereocenters. The highest BCUT2D eigenvalue weighted by atomic mass is 19.1. The topological polar surface area (TPSA) is 64.9 Å². The summed E-state index contributed by atoms with van der Waals surface area (Å²) in [5.74, 6) is -0.676. The summed E-state index contributed by atoms with van der Waals surface area (Å²) in [5.41, 5.74) is 0.635. The summed E-state index contributed by atoms with van der Waals surface area (Å²) >= 11 is 0. The third-order valence-electron chi connectivity index (χ3n) is 2.15. The van der Waals surface area contributed by atoms with Gasteiger partial charge in [0.15, 0.2) is 0 Å². The van der Waals surface area contributed by atoms with E-state index < -0.39 is 11.9 Å². The fraction of sp³-hybridized carbons (Fsp3) is 0.333. The maximum absolute atomic E-state index is 13.1. The predicted molar refractivity (Wildman–Crippen MR) is 62.9 cm³/mol. The molecule has 0 saturated heterocycles. The molecule has 17 heavy (non-hydrogen) atoms. The molecule has 4 nitrogen and oxygen atoms in total. The molecule has 1 amide bonds. The number of anilines is 1. The Morgan fingerprint density at radius 3 is 2.82 bits per heavy atom. The van der Waals surface area contributed by atoms with Crippen molar-refractivity contribution in [1.29, 1.82) is 5.26 Å². The van der Waals surface area contributed by atoms with Crippen LogP contribution in [-0.4, -0.2) is 18.5 Å². The van der Waals surface area contributed by atoms with Crippen molar-refractivity contribution >= 4 is 11.6 Å². The first-order valence-corrected chi connectivity index (χ1v) is 5.31. The van der Waals surface area contributed by atoms with Crippen molar-refractivity contribution in [3.63, 3.8) is 0 Å². The Hall–Kier alpha value is -2.09. The largest absolute Gasteiger partial charge is 0.374 e. The number of amides is 1. The molecule has 0 fully saturated rings. The van der Waals surface area contributed by atoms with Crippen LogP contribution in [0, 0.1) is 17.1 Å². The molecule has 0 radical (unpaired) electrons. The molecule has 5 heteroatoms. The van der Waals surface area contributed by atoms with E-state index >= 15 is 0 Å². The Balaban J connectivity index is 2.78. The number of halogens is 1. The summed E-state index contributed by atoms with van der Waals surface area (Å²) in [7, 11) is 0. The van der Waals surface area contributed by atoms with E-state index in [0.29, 0.717) is 12.2 Å². The molecule has 0 bridgehead atoms. The van der Waals surface area contributed by atoms with E-state index in [1.165, 1.54) is 12.1 Å². The molecule has 1 aromatic carbocycles. The molecule has 0 aliphatic rings. The molecule has 0 aliphatic carbocycles. The average molecular weight is 235 g/mol. The third kappa shape index (κ3) is 3.76. The van der Waals surface area contributed by atoms with Crippen molar-refractivity contribution < 1.29 is 9.18 Å². The lowest BCUT2D eigenvalue weighted by Crippen LogP contribution is -2.37. The molecule has 1 rings (SSSR count). The van der Waals surface area contributed by atoms with E-state index in [9.17, 15) is 9.18 Å². The fourth-order valence-electron chi connectivity index (χ4n) is 1.38. The molecule has 0 aromatic heterocycles. The second-order valence-electron chi connectivity index (χ2n) is 3.60. The van der Waals surface area contributed by atoms with Gasteiger partial charge in [-0.15, -0.1) is 0 Å². The number of nitrogens with zero attached hydrogens (tertiary/aromatic N) is 1. The van der Waals surface area contributed by atoms with Gasteiger partial charge in [-0.25, -0.2) is 4.39 Å². The Labute approximate surface area is 99.4 Å². The second-order valence-corrected chi connectivity index (χ2v) is 3.60. The minimum Gasteiger partial charge on any atom is -0.374 e. The van der Waals surface area contributed by atoms with E-state index in [1.54, 1.807) is 6.92 Å². The summed E-state index contributed by atoms with van der Waals surface area (Å²) < 4.78 is 13.1. The van der Waals surface area contributed by atoms with Crippen LogP contribution in [0.5, 0.6) is 0 Å². The quantitative estimate of drug-likeness (QED) is 0.833. The number of carbonyl (C=O) groups excluding carboxylic acids is 1. The number of rotatable bonds is 4. The van der Waals surface area contributed by atoms with Gasteiger partial charge in [-0.3, -0.25) is 4.79 Å². The van der Waals surface area contributed by atoms with Gasteiger partial charge in [0.2, 0.25) is 5.91 Å². The van der Waals surface area contributed by atoms with Gasteiger partial charge in [-0.2, -0.15) is 5.26 Å². The van der Waals surface area contributed by atoms with Gasteiger partial charge in [0.05, 0.1) is 11.6 Å². The zero-order chi connectivity index (χ0) is 12.8. The predicted octanol–water partition coefficient (Wildman–Crippen LogP) is 1.63. The normalized spacial score (nSPS) is 11.4. The molecule has 2 N–H and O–H groups in total. The maximum atomic E-state index is 13.1. The lowest BCUT2D eigenvalue weighted by Gasteiger charge is -2.14. The maximum Gasteiger partial charge on any atom is 0.242 e. The summed E-state index contributed by atoms with van der Waals surface area (Å²) in [6.07, 6.45) is 0. The highest BCUT2D eigenvalue weighted by molar-refractivity contribution is 5.84. The molecular weight excluding hydrogens is 221 g/mol. The van der Waals surface area contributed by atoms with E-state index in [4.69, 9.17) is 5.26 Å². The summed E-state index contributed by atoms with van der Waals surface area (Å²) in [5, 5.41) is 14.2. The highest BCUT2D eigenvalue weighted by Gasteiger charge is 2.11. The average Bonchev–Trinajstić information content (AvgIpc) is 2.28. The zero-order valence-corrected chi connectivity index (χ0v) is 9.75. The first-order chi connectivity index (χ1) is 8.06. The minimum absolute atomic E-state index is 0.171. The Morgan fingerprint density at radius 2 is 2.24 bits per heavy atom. The summed E-state index contributed by atoms with van der Waals surface area (Å²) in [4.78, 5) is 11.5. The van der Waals surface area contributed by atoms with Crippen molar-refractivity contribution in [2.24, 2.45) is 0 Å². The Kier molecular flexibility index (Phi) is 4.46. The number of benzene rings is 1. The number of hydrogen-bond donors (Lipinski definition) is 2. The van der Waals surface area contributed by atoms with Crippen LogP contribution in [0.15, 0.2) is 18.2 Å². The molecular formula is C12H14FN3O. The van der Waals surface area contributed by atoms with Crippen LogP contribution in [0.1, 0.15) is 19.4 Å². The van der Waals surface area contributed by atoms with E-state index in [2.05, 4.69) is 10.6 Å². The molecule has 0 heterocycles. The molecule has 0 spiro atoms. The smallest absolute Gasteiger partial charge is 0.242 e. The van der Waals surface area contributed by atoms with Gasteiger partial charge in [0.25, 0.3) is 0 Å². The van der Waals surface area contributed by atoms with Crippen LogP contribution >= 0.6 is 0 Å². The van der Waals surface area contributed by atoms with Crippen molar-refractivity contribution in [2.75, 3.05) is 11.9 Å². The van der Waals surface area contributed by atoms with Crippen LogP contribution in [0.2, 0.25) is 0 Å². The van der Waals surface area contributed by atoms with Crippen molar-refractivity contribution in [1.82, 2.24) is 5.32 Å². The second kappa shape index (κ2) is 5.85. The highest BCUT2D eigenvalue weighted by Crippen LogP contribution is 2.14. The number of nitrogens with one attached hydrogen (secondary N) is 2. The van der Waals surface area contributed by atoms with Crippen molar-refractivity contribution in [3.05, 3.63) is 29.6 Å². The first-order valence-electron chi connectivity index (χ1n) is 5.31. The molecule has 1 aromatic rings. The lowest BCUT2D eigenvalue weighted by molar-refractivity contribution is -0.121. The van der Waals surface area contributed by atoms with Crippen LogP contribution in [-0.2, 0) is 4.79 Å². The minimum atomic E-state index is -0.505. The molecule has 0 saturated carbocycles. The van der Waals surface area contributed by atoms with Gasteiger partial charge in [0.1, 0.15) is 11.9 Å². The Morgan fingerprint density at radius 1 is 1.53 bits per heavy atom. The fourth-order valence-corrected chi connectivity index (χ4v) is 1.38. The lowest BCUT2D eigenvalue weighted by atomic mass is 10.2. The number of nitriles is 1. The van der Waals surface area contributed by atoms with Crippen LogP contribution in [0.4, 0.5) is 10.1 Å². The molecule has 90 valence electrons. The SMILES string of the molecule is CCNC(=O)C(C)Nc1cc(F)cc(C#N)c1. The number of carbonyl (C=O) groups is 1. The van der Waals surface area contributed by atoms with Crippen LogP contribution in [0.3, 0.4) is 0 Å². The van der Waals surface area contributed by atoms with Gasteiger partial charge in [0, 0.05) is 12.2 Å². The van der Waals surface area contributed by atoms with Gasteiger partial charge in [-0.05, 0) is 32.0 Å². The molecule has 0 aliphatic heterocycles. The van der Waals surface area contributed by atoms with E-state index in [-0.39, 0.29) is 11.5 Å². The van der Waals surface area contributed by atoms with Gasteiger partial charge < -0.3 is 10.6 Å². The van der Waals surface area contributed by atoms with E-state index in [1.807, 2.05) is 13.0 Å². The first kappa shape index (κ1) is 13.0. The summed E-state index contributed by atoms with van der Waals surface area (Å²) in [6, 6.07) is 5.26. The monoisotopic (exact) mass is 235 g/mol. The number of hydrogen-bond acceptors (Lipinski definition) is 3. The van der Waals surface area contributed by atoms with Gasteiger partial charge in [-0.1, -0.05) is 0 Å². The third-order valence-corrected chi connectivity index (χ3v) is 2.15. The van der Waals surface area contributed by atoms with Crippen molar-refractivity contribution in [2.45, 2.75) is 19.9 Å². The summed E-state index contributed by atoms with van der Waals surface area (Å²) in [6.45, 7) is 4.03. The standard InChI is InChI=1S/C12H14FN3O/c1-3-15-12(17)8(2)16-11-5-9(7-14)4-10(13)6-11/h4-6,8,16H,3H2,1-2H3,(H,15,17). The van der Waals surface area contributed by atoms with Gasteiger partial charge >= 0.3 is 0 Å². The zero-order valence-electron chi connectivity index (χ0n) is 9.75. The molecule has 1 atom stereocenters. The van der Waals surface area contributed by atoms with Crippen LogP contribution < -0.4 is 10.6 Å². The van der Waals surface area contributed by atoms with Crippen LogP contribution in [0.25, 0.3) is 0 Å². The van der Waals surface area contributed by atoms with Crippen molar-refractivity contribution in [3.8, 4) is 6.07 Å². The Bertz CT molecular complexity index is 454. The number of likely N-dealkylation sites (N-methyl/N-ethyl adjacent to an activating group) is 1.